The van der Waals surface area contributed by atoms with E-state index in [1.165, 1.54) is 57.4 Å². The molecule has 2 heteroatoms. The molecule has 104 valence electrons. The second-order valence-electron chi connectivity index (χ2n) is 6.14. The van der Waals surface area contributed by atoms with Gasteiger partial charge in [-0.1, -0.05) is 25.1 Å². The zero-order valence-corrected chi connectivity index (χ0v) is 12.1. The molecule has 2 aliphatic rings. The Morgan fingerprint density at radius 3 is 3.00 bits per heavy atom. The normalized spacial score (nSPS) is 22.9. The zero-order valence-electron chi connectivity index (χ0n) is 12.1. The summed E-state index contributed by atoms with van der Waals surface area (Å²) in [5, 5.41) is 3.65. The van der Waals surface area contributed by atoms with E-state index in [0.717, 1.165) is 12.5 Å². The minimum Gasteiger partial charge on any atom is -0.312 e. The molecule has 1 saturated heterocycles. The number of fused-ring (bicyclic) bond motifs is 1. The standard InChI is InChI=1S/C17H26N2/c1-2-19-9-8-15(13-19)12-18-11-14-6-7-16-4-3-5-17(16)10-14/h6-7,10,15,18H,2-5,8-9,11-13H2,1H3. The monoisotopic (exact) mass is 258 g/mol. The van der Waals surface area contributed by atoms with E-state index in [9.17, 15) is 0 Å². The number of nitrogens with zero attached hydrogens (tertiary/aromatic N) is 1. The van der Waals surface area contributed by atoms with E-state index >= 15 is 0 Å². The van der Waals surface area contributed by atoms with Gasteiger partial charge in [0.1, 0.15) is 0 Å². The third kappa shape index (κ3) is 3.18. The highest BCUT2D eigenvalue weighted by atomic mass is 15.1. The van der Waals surface area contributed by atoms with Crippen LogP contribution in [0.2, 0.25) is 0 Å². The van der Waals surface area contributed by atoms with Crippen molar-refractivity contribution in [2.75, 3.05) is 26.2 Å². The molecule has 0 radical (unpaired) electrons. The SMILES string of the molecule is CCN1CCC(CNCc2ccc3c(c2)CCC3)C1. The van der Waals surface area contributed by atoms with Gasteiger partial charge < -0.3 is 10.2 Å². The fourth-order valence-corrected chi connectivity index (χ4v) is 3.52. The second-order valence-corrected chi connectivity index (χ2v) is 6.14. The molecule has 0 saturated carbocycles. The summed E-state index contributed by atoms with van der Waals surface area (Å²) >= 11 is 0. The average molecular weight is 258 g/mol. The number of rotatable bonds is 5. The number of hydrogen-bond donors (Lipinski definition) is 1. The molecule has 1 unspecified atom stereocenters. The van der Waals surface area contributed by atoms with E-state index in [2.05, 4.69) is 35.3 Å². The highest BCUT2D eigenvalue weighted by Gasteiger charge is 2.20. The molecule has 1 aromatic rings. The van der Waals surface area contributed by atoms with Gasteiger partial charge in [0, 0.05) is 13.1 Å². The molecule has 1 heterocycles. The van der Waals surface area contributed by atoms with Gasteiger partial charge in [0.05, 0.1) is 0 Å². The summed E-state index contributed by atoms with van der Waals surface area (Å²) in [7, 11) is 0. The summed E-state index contributed by atoms with van der Waals surface area (Å²) in [5.74, 6) is 0.856. The van der Waals surface area contributed by atoms with Crippen LogP contribution in [0.5, 0.6) is 0 Å². The quantitative estimate of drug-likeness (QED) is 0.873. The van der Waals surface area contributed by atoms with Crippen molar-refractivity contribution in [3.05, 3.63) is 34.9 Å². The van der Waals surface area contributed by atoms with E-state index in [0.29, 0.717) is 0 Å². The first kappa shape index (κ1) is 13.1. The number of hydrogen-bond acceptors (Lipinski definition) is 2. The third-order valence-corrected chi connectivity index (χ3v) is 4.74. The maximum absolute atomic E-state index is 3.65. The Labute approximate surface area is 117 Å². The van der Waals surface area contributed by atoms with Gasteiger partial charge in [-0.3, -0.25) is 0 Å². The summed E-state index contributed by atoms with van der Waals surface area (Å²) in [6, 6.07) is 7.07. The Morgan fingerprint density at radius 2 is 2.16 bits per heavy atom. The lowest BCUT2D eigenvalue weighted by atomic mass is 10.1. The predicted molar refractivity (Wildman–Crippen MR) is 80.4 cm³/mol. The summed E-state index contributed by atoms with van der Waals surface area (Å²) in [6.07, 6.45) is 5.29. The van der Waals surface area contributed by atoms with Gasteiger partial charge in [-0.2, -0.15) is 0 Å². The van der Waals surface area contributed by atoms with Gasteiger partial charge in [0.25, 0.3) is 0 Å². The fraction of sp³-hybridized carbons (Fsp3) is 0.647. The highest BCUT2D eigenvalue weighted by molar-refractivity contribution is 5.35. The summed E-state index contributed by atoms with van der Waals surface area (Å²) in [5.41, 5.74) is 4.64. The number of likely N-dealkylation sites (tertiary alicyclic amines) is 1. The first-order chi connectivity index (χ1) is 9.35. The molecule has 0 amide bonds. The van der Waals surface area contributed by atoms with Gasteiger partial charge in [-0.15, -0.1) is 0 Å². The third-order valence-electron chi connectivity index (χ3n) is 4.74. The van der Waals surface area contributed by atoms with Gasteiger partial charge in [-0.05, 0) is 67.9 Å². The smallest absolute Gasteiger partial charge is 0.0205 e. The van der Waals surface area contributed by atoms with Crippen molar-refractivity contribution in [2.24, 2.45) is 5.92 Å². The van der Waals surface area contributed by atoms with Crippen molar-refractivity contribution < 1.29 is 0 Å². The Bertz CT molecular complexity index is 427. The Balaban J connectivity index is 1.45. The lowest BCUT2D eigenvalue weighted by molar-refractivity contribution is 0.339. The molecule has 0 aromatic heterocycles. The van der Waals surface area contributed by atoms with E-state index in [1.807, 2.05) is 0 Å². The first-order valence-corrected chi connectivity index (χ1v) is 7.89. The van der Waals surface area contributed by atoms with Crippen LogP contribution in [0, 0.1) is 5.92 Å². The largest absolute Gasteiger partial charge is 0.312 e. The number of benzene rings is 1. The Morgan fingerprint density at radius 1 is 1.26 bits per heavy atom. The molecule has 1 aromatic carbocycles. The Kier molecular flexibility index (Phi) is 4.19. The van der Waals surface area contributed by atoms with Crippen molar-refractivity contribution in [1.82, 2.24) is 10.2 Å². The molecular weight excluding hydrogens is 232 g/mol. The van der Waals surface area contributed by atoms with Gasteiger partial charge in [-0.25, -0.2) is 0 Å². The summed E-state index contributed by atoms with van der Waals surface area (Å²) in [4.78, 5) is 2.56. The minimum absolute atomic E-state index is 0.856. The van der Waals surface area contributed by atoms with E-state index in [-0.39, 0.29) is 0 Å². The van der Waals surface area contributed by atoms with E-state index < -0.39 is 0 Å². The molecule has 3 rings (SSSR count). The summed E-state index contributed by atoms with van der Waals surface area (Å²) < 4.78 is 0. The molecule has 0 spiro atoms. The van der Waals surface area contributed by atoms with Crippen LogP contribution in [0.1, 0.15) is 36.5 Å². The molecule has 1 fully saturated rings. The van der Waals surface area contributed by atoms with Crippen molar-refractivity contribution in [2.45, 2.75) is 39.2 Å². The minimum atomic E-state index is 0.856. The van der Waals surface area contributed by atoms with Crippen molar-refractivity contribution in [3.63, 3.8) is 0 Å². The first-order valence-electron chi connectivity index (χ1n) is 7.89. The van der Waals surface area contributed by atoms with Crippen molar-refractivity contribution >= 4 is 0 Å². The molecule has 19 heavy (non-hydrogen) atoms. The van der Waals surface area contributed by atoms with Gasteiger partial charge >= 0.3 is 0 Å². The zero-order chi connectivity index (χ0) is 13.1. The van der Waals surface area contributed by atoms with Gasteiger partial charge in [0.15, 0.2) is 0 Å². The van der Waals surface area contributed by atoms with Crippen LogP contribution in [-0.4, -0.2) is 31.1 Å². The maximum Gasteiger partial charge on any atom is 0.0205 e. The average Bonchev–Trinajstić information content (AvgIpc) is 3.06. The van der Waals surface area contributed by atoms with E-state index in [1.54, 1.807) is 11.1 Å². The molecule has 1 atom stereocenters. The maximum atomic E-state index is 3.65. The lowest BCUT2D eigenvalue weighted by Gasteiger charge is -2.14. The number of nitrogens with one attached hydrogen (secondary N) is 1. The molecule has 1 aliphatic heterocycles. The van der Waals surface area contributed by atoms with Crippen molar-refractivity contribution in [3.8, 4) is 0 Å². The van der Waals surface area contributed by atoms with Crippen LogP contribution in [0.25, 0.3) is 0 Å². The van der Waals surface area contributed by atoms with E-state index in [4.69, 9.17) is 0 Å². The van der Waals surface area contributed by atoms with Crippen LogP contribution < -0.4 is 5.32 Å². The van der Waals surface area contributed by atoms with Crippen LogP contribution in [-0.2, 0) is 19.4 Å². The van der Waals surface area contributed by atoms with Crippen molar-refractivity contribution in [1.29, 1.82) is 0 Å². The highest BCUT2D eigenvalue weighted by Crippen LogP contribution is 2.22. The summed E-state index contributed by atoms with van der Waals surface area (Å²) in [6.45, 7) is 8.26. The Hall–Kier alpha value is -0.860. The van der Waals surface area contributed by atoms with Gasteiger partial charge in [0.2, 0.25) is 0 Å². The molecule has 2 nitrogen and oxygen atoms in total. The fourth-order valence-electron chi connectivity index (χ4n) is 3.52. The lowest BCUT2D eigenvalue weighted by Crippen LogP contribution is -2.26. The van der Waals surface area contributed by atoms with Crippen LogP contribution in [0.4, 0.5) is 0 Å². The molecular formula is C17H26N2. The molecule has 1 aliphatic carbocycles. The molecule has 0 bridgehead atoms. The predicted octanol–water partition coefficient (Wildman–Crippen LogP) is 2.61. The number of aryl methyl sites for hydroxylation is 2. The topological polar surface area (TPSA) is 15.3 Å². The molecule has 1 N–H and O–H groups in total. The van der Waals surface area contributed by atoms with Crippen LogP contribution in [0.15, 0.2) is 18.2 Å². The van der Waals surface area contributed by atoms with Crippen LogP contribution in [0.3, 0.4) is 0 Å². The second kappa shape index (κ2) is 6.06. The van der Waals surface area contributed by atoms with Crippen LogP contribution >= 0.6 is 0 Å².